The summed E-state index contributed by atoms with van der Waals surface area (Å²) in [6, 6.07) is 1.07. The van der Waals surface area contributed by atoms with E-state index < -0.39 is 14.4 Å². The fraction of sp³-hybridized carbons (Fsp3) is 0.688. The molecule has 0 N–H and O–H groups in total. The lowest BCUT2D eigenvalue weighted by molar-refractivity contribution is -0.0970. The van der Waals surface area contributed by atoms with Crippen molar-refractivity contribution in [2.45, 2.75) is 52.4 Å². The average Bonchev–Trinajstić information content (AvgIpc) is 2.70. The highest BCUT2D eigenvalue weighted by atomic mass is 28.3. The number of aromatic nitrogens is 2. The Kier molecular flexibility index (Phi) is 7.13. The number of hydrogen-bond acceptors (Lipinski definition) is 3. The van der Waals surface area contributed by atoms with Crippen molar-refractivity contribution in [3.63, 3.8) is 0 Å². The van der Waals surface area contributed by atoms with E-state index in [9.17, 15) is 4.79 Å². The lowest BCUT2D eigenvalue weighted by atomic mass is 10.4. The van der Waals surface area contributed by atoms with Gasteiger partial charge in [-0.2, -0.15) is 0 Å². The van der Waals surface area contributed by atoms with Crippen LogP contribution in [-0.4, -0.2) is 36.7 Å². The third-order valence-electron chi connectivity index (χ3n) is 3.23. The van der Waals surface area contributed by atoms with Gasteiger partial charge in [0.05, 0.1) is 0 Å². The topological polar surface area (TPSA) is 45.4 Å². The quantitative estimate of drug-likeness (QED) is 0.439. The van der Waals surface area contributed by atoms with Crippen molar-refractivity contribution in [3.05, 3.63) is 22.4 Å². The molecule has 0 saturated carbocycles. The molecule has 0 saturated heterocycles. The van der Waals surface area contributed by atoms with E-state index in [4.69, 9.17) is 9.47 Å². The van der Waals surface area contributed by atoms with Gasteiger partial charge < -0.3 is 9.47 Å². The molecule has 0 aliphatic carbocycles. The molecule has 0 aliphatic rings. The first kappa shape index (κ1) is 18.8. The van der Waals surface area contributed by atoms with Crippen LogP contribution in [0.3, 0.4) is 0 Å². The second-order valence-electron chi connectivity index (χ2n) is 6.37. The maximum Gasteiger partial charge on any atom is 0.328 e. The first-order valence-corrected chi connectivity index (χ1v) is 11.5. The highest BCUT2D eigenvalue weighted by molar-refractivity contribution is 6.76. The fourth-order valence-electron chi connectivity index (χ4n) is 1.88. The van der Waals surface area contributed by atoms with E-state index >= 15 is 0 Å². The number of hydrogen-bond donors (Lipinski definition) is 0. The zero-order valence-corrected chi connectivity index (χ0v) is 15.6. The number of nitrogens with zero attached hydrogens (tertiary/aromatic N) is 2. The highest BCUT2D eigenvalue weighted by Crippen LogP contribution is 2.09. The molecule has 1 aromatic heterocycles. The third-order valence-corrected chi connectivity index (χ3v) is 4.95. The number of rotatable bonds is 7. The van der Waals surface area contributed by atoms with Gasteiger partial charge in [0.15, 0.2) is 0 Å². The molecule has 0 bridgehead atoms. The van der Waals surface area contributed by atoms with Crippen LogP contribution in [0.25, 0.3) is 0 Å². The van der Waals surface area contributed by atoms with Crippen LogP contribution in [0.15, 0.2) is 11.0 Å². The summed E-state index contributed by atoms with van der Waals surface area (Å²) in [5, 5.41) is 0. The summed E-state index contributed by atoms with van der Waals surface area (Å²) in [5.74, 6) is 5.93. The average molecular weight is 324 g/mol. The van der Waals surface area contributed by atoms with E-state index in [2.05, 4.69) is 31.5 Å². The van der Waals surface area contributed by atoms with Crippen molar-refractivity contribution in [2.75, 3.05) is 13.2 Å². The Morgan fingerprint density at radius 3 is 2.32 bits per heavy atom. The standard InChI is InChI=1S/C16H28N2O3Si/c1-7-20-15(21-8-2)10-9-14-13-18(16(19)17(14)3)11-12-22(4,5)6/h13,15H,7-8,11-12H2,1-6H3. The Labute approximate surface area is 134 Å². The minimum absolute atomic E-state index is 0.0214. The van der Waals surface area contributed by atoms with Crippen molar-refractivity contribution in [3.8, 4) is 11.8 Å². The van der Waals surface area contributed by atoms with Crippen molar-refractivity contribution in [1.29, 1.82) is 0 Å². The molecule has 1 aromatic rings. The van der Waals surface area contributed by atoms with Crippen LogP contribution in [-0.2, 0) is 23.1 Å². The zero-order valence-electron chi connectivity index (χ0n) is 14.6. The van der Waals surface area contributed by atoms with E-state index in [0.29, 0.717) is 18.9 Å². The highest BCUT2D eigenvalue weighted by Gasteiger charge is 2.14. The summed E-state index contributed by atoms with van der Waals surface area (Å²) < 4.78 is 14.1. The molecule has 1 rings (SSSR count). The molecule has 0 atom stereocenters. The van der Waals surface area contributed by atoms with E-state index in [0.717, 1.165) is 12.6 Å². The predicted molar refractivity (Wildman–Crippen MR) is 91.7 cm³/mol. The Balaban J connectivity index is 2.91. The van der Waals surface area contributed by atoms with Gasteiger partial charge in [-0.25, -0.2) is 4.79 Å². The van der Waals surface area contributed by atoms with Gasteiger partial charge in [-0.05, 0) is 31.7 Å². The van der Waals surface area contributed by atoms with Gasteiger partial charge in [0.1, 0.15) is 5.69 Å². The summed E-state index contributed by atoms with van der Waals surface area (Å²) in [5.41, 5.74) is 0.664. The molecule has 0 amide bonds. The second kappa shape index (κ2) is 8.37. The van der Waals surface area contributed by atoms with Gasteiger partial charge in [0.25, 0.3) is 0 Å². The summed E-state index contributed by atoms with van der Waals surface area (Å²) in [6.45, 7) is 12.5. The van der Waals surface area contributed by atoms with Gasteiger partial charge in [-0.3, -0.25) is 9.13 Å². The molecule has 0 unspecified atom stereocenters. The maximum absolute atomic E-state index is 12.2. The van der Waals surface area contributed by atoms with Gasteiger partial charge in [-0.1, -0.05) is 19.6 Å². The minimum Gasteiger partial charge on any atom is -0.342 e. The van der Waals surface area contributed by atoms with E-state index in [-0.39, 0.29) is 5.69 Å². The second-order valence-corrected chi connectivity index (χ2v) is 12.0. The van der Waals surface area contributed by atoms with Crippen LogP contribution in [0.1, 0.15) is 19.5 Å². The van der Waals surface area contributed by atoms with Crippen molar-refractivity contribution in [1.82, 2.24) is 9.13 Å². The monoisotopic (exact) mass is 324 g/mol. The molecule has 0 fully saturated rings. The van der Waals surface area contributed by atoms with Gasteiger partial charge in [-0.15, -0.1) is 0 Å². The first-order valence-electron chi connectivity index (χ1n) is 7.79. The Hall–Kier alpha value is -1.29. The fourth-order valence-corrected chi connectivity index (χ4v) is 2.80. The molecule has 0 aromatic carbocycles. The first-order chi connectivity index (χ1) is 10.3. The molecular weight excluding hydrogens is 296 g/mol. The van der Waals surface area contributed by atoms with Crippen molar-refractivity contribution < 1.29 is 9.47 Å². The normalized spacial score (nSPS) is 11.6. The molecule has 0 aliphatic heterocycles. The number of aryl methyl sites for hydroxylation is 1. The Bertz CT molecular complexity index is 581. The maximum atomic E-state index is 12.2. The van der Waals surface area contributed by atoms with E-state index in [1.807, 2.05) is 20.0 Å². The lowest BCUT2D eigenvalue weighted by Crippen LogP contribution is -2.27. The molecule has 124 valence electrons. The van der Waals surface area contributed by atoms with Gasteiger partial charge in [0, 0.05) is 41.1 Å². The van der Waals surface area contributed by atoms with Crippen molar-refractivity contribution in [2.24, 2.45) is 7.05 Å². The van der Waals surface area contributed by atoms with Crippen LogP contribution in [0.5, 0.6) is 0 Å². The van der Waals surface area contributed by atoms with Crippen LogP contribution in [0, 0.1) is 11.8 Å². The largest absolute Gasteiger partial charge is 0.342 e. The minimum atomic E-state index is -1.17. The van der Waals surface area contributed by atoms with Gasteiger partial charge >= 0.3 is 5.69 Å². The van der Waals surface area contributed by atoms with Crippen LogP contribution in [0.2, 0.25) is 25.7 Å². The number of imidazole rings is 1. The van der Waals surface area contributed by atoms with Gasteiger partial charge in [0.2, 0.25) is 6.29 Å². The SMILES string of the molecule is CCOC(C#Cc1cn(CC[Si](C)(C)C)c(=O)n1C)OCC. The van der Waals surface area contributed by atoms with Crippen LogP contribution in [0.4, 0.5) is 0 Å². The molecule has 1 heterocycles. The summed E-state index contributed by atoms with van der Waals surface area (Å²) >= 11 is 0. The Morgan fingerprint density at radius 1 is 1.23 bits per heavy atom. The Morgan fingerprint density at radius 2 is 1.82 bits per heavy atom. The van der Waals surface area contributed by atoms with Crippen LogP contribution < -0.4 is 5.69 Å². The molecule has 6 heteroatoms. The summed E-state index contributed by atoms with van der Waals surface area (Å²) in [6.07, 6.45) is 1.28. The van der Waals surface area contributed by atoms with E-state index in [1.54, 1.807) is 16.2 Å². The summed E-state index contributed by atoms with van der Waals surface area (Å²) in [7, 11) is 0.570. The third kappa shape index (κ3) is 5.83. The smallest absolute Gasteiger partial charge is 0.328 e. The van der Waals surface area contributed by atoms with Crippen molar-refractivity contribution >= 4 is 8.07 Å². The molecular formula is C16H28N2O3Si. The summed E-state index contributed by atoms with van der Waals surface area (Å²) in [4.78, 5) is 12.2. The predicted octanol–water partition coefficient (Wildman–Crippen LogP) is 2.28. The molecule has 22 heavy (non-hydrogen) atoms. The molecule has 0 radical (unpaired) electrons. The van der Waals surface area contributed by atoms with Crippen LogP contribution >= 0.6 is 0 Å². The van der Waals surface area contributed by atoms with E-state index in [1.165, 1.54) is 0 Å². The lowest BCUT2D eigenvalue weighted by Gasteiger charge is -2.14. The molecule has 5 nitrogen and oxygen atoms in total. The zero-order chi connectivity index (χ0) is 16.8. The molecule has 0 spiro atoms. The number of ether oxygens (including phenoxy) is 2.